The van der Waals surface area contributed by atoms with Crippen LogP contribution in [-0.2, 0) is 35.8 Å². The van der Waals surface area contributed by atoms with Gasteiger partial charge in [-0.05, 0) is 23.8 Å². The molecule has 2 aliphatic rings. The molecule has 43 heavy (non-hydrogen) atoms. The van der Waals surface area contributed by atoms with Gasteiger partial charge in [-0.15, -0.1) is 35.3 Å². The van der Waals surface area contributed by atoms with Gasteiger partial charge in [0.2, 0.25) is 12.5 Å². The quantitative estimate of drug-likeness (QED) is 0.115. The number of carboxylic acid groups (broad SMARTS) is 1. The number of pyridine rings is 1. The van der Waals surface area contributed by atoms with Gasteiger partial charge >= 0.3 is 0 Å². The Balaban J connectivity index is 1.30. The summed E-state index contributed by atoms with van der Waals surface area (Å²) in [6.45, 7) is -0.290. The van der Waals surface area contributed by atoms with Crippen LogP contribution < -0.4 is 20.3 Å². The second-order valence-corrected chi connectivity index (χ2v) is 14.8. The Hall–Kier alpha value is -2.47. The molecule has 0 bridgehead atoms. The number of fused-ring (bicyclic) bond motifs is 1. The minimum atomic E-state index is -4.17. The van der Waals surface area contributed by atoms with Crippen LogP contribution >= 0.6 is 58.5 Å². The predicted octanol–water partition coefficient (Wildman–Crippen LogP) is 0.573. The number of aliphatic carboxylic acids is 1. The first kappa shape index (κ1) is 33.4. The molecule has 0 saturated carbocycles. The molecule has 0 spiro atoms. The first-order valence-corrected chi connectivity index (χ1v) is 17.8. The lowest BCUT2D eigenvalue weighted by Crippen LogP contribution is -2.71. The zero-order valence-electron chi connectivity index (χ0n) is 22.0. The Kier molecular flexibility index (Phi) is 11.3. The highest BCUT2D eigenvalue weighted by atomic mass is 35.5. The smallest absolute Gasteiger partial charge is 0.286 e. The van der Waals surface area contributed by atoms with Gasteiger partial charge < -0.3 is 20.5 Å². The van der Waals surface area contributed by atoms with Crippen molar-refractivity contribution in [1.82, 2.24) is 15.5 Å². The third kappa shape index (κ3) is 9.03. The number of amides is 3. The van der Waals surface area contributed by atoms with E-state index in [1.54, 1.807) is 47.3 Å². The van der Waals surface area contributed by atoms with Gasteiger partial charge in [0.05, 0.1) is 28.2 Å². The van der Waals surface area contributed by atoms with Gasteiger partial charge in [-0.2, -0.15) is 13.0 Å². The minimum absolute atomic E-state index is 0.0118. The number of aromatic nitrogens is 1. The fraction of sp³-hybridized carbons (Fsp3) is 0.320. The van der Waals surface area contributed by atoms with E-state index in [2.05, 4.69) is 10.6 Å². The molecule has 18 heteroatoms. The fourth-order valence-electron chi connectivity index (χ4n) is 4.09. The summed E-state index contributed by atoms with van der Waals surface area (Å²) in [6.07, 6.45) is 3.27. The maximum Gasteiger partial charge on any atom is 0.286 e. The molecule has 3 heterocycles. The molecule has 230 valence electrons. The summed E-state index contributed by atoms with van der Waals surface area (Å²) in [4.78, 5) is 52.0. The summed E-state index contributed by atoms with van der Waals surface area (Å²) in [6, 6.07) is 7.47. The topological polar surface area (TPSA) is 177 Å². The van der Waals surface area contributed by atoms with Crippen LogP contribution in [0.4, 0.5) is 0 Å². The van der Waals surface area contributed by atoms with Crippen molar-refractivity contribution >= 4 is 92.3 Å². The van der Waals surface area contributed by atoms with E-state index in [-0.39, 0.29) is 30.3 Å². The van der Waals surface area contributed by atoms with Crippen LogP contribution in [0, 0.1) is 0 Å². The molecule has 1 aromatic heterocycles. The van der Waals surface area contributed by atoms with Crippen molar-refractivity contribution in [3.05, 3.63) is 64.0 Å². The van der Waals surface area contributed by atoms with Crippen molar-refractivity contribution < 1.29 is 41.8 Å². The van der Waals surface area contributed by atoms with Crippen molar-refractivity contribution in [3.63, 3.8) is 0 Å². The lowest BCUT2D eigenvalue weighted by Gasteiger charge is -2.50. The van der Waals surface area contributed by atoms with E-state index in [1.807, 2.05) is 0 Å². The number of thioether (sulfide) groups is 3. The third-order valence-corrected chi connectivity index (χ3v) is 11.0. The molecule has 2 aliphatic heterocycles. The number of halogens is 2. The van der Waals surface area contributed by atoms with E-state index in [9.17, 15) is 32.7 Å². The van der Waals surface area contributed by atoms with E-state index in [0.29, 0.717) is 26.3 Å². The van der Waals surface area contributed by atoms with E-state index < -0.39 is 51.0 Å². The summed E-state index contributed by atoms with van der Waals surface area (Å²) >= 11 is 16.0. The SMILES string of the molecule is O=C(C[n+]1ccc(SCC2=C(C(=O)[O-])N3C(=O)[C@@H](NC(=O)CSc4cc(Cl)ccc4Cl)[C@H]3SC2)cc1)NCCS(=O)(=O)O. The number of benzene rings is 1. The van der Waals surface area contributed by atoms with Crippen LogP contribution in [0.15, 0.2) is 63.8 Å². The van der Waals surface area contributed by atoms with Crippen LogP contribution in [0.25, 0.3) is 0 Å². The highest BCUT2D eigenvalue weighted by Crippen LogP contribution is 2.41. The third-order valence-electron chi connectivity index (χ3n) is 6.09. The lowest BCUT2D eigenvalue weighted by atomic mass is 10.0. The van der Waals surface area contributed by atoms with E-state index in [0.717, 1.165) is 9.80 Å². The van der Waals surface area contributed by atoms with Crippen LogP contribution in [0.2, 0.25) is 10.0 Å². The second kappa shape index (κ2) is 14.5. The molecule has 2 atom stereocenters. The average Bonchev–Trinajstić information content (AvgIpc) is 2.94. The number of nitrogens with zero attached hydrogens (tertiary/aromatic N) is 2. The molecule has 0 unspecified atom stereocenters. The second-order valence-electron chi connectivity index (χ2n) is 9.19. The first-order chi connectivity index (χ1) is 20.3. The number of carbonyl (C=O) groups is 4. The molecule has 1 aromatic carbocycles. The zero-order chi connectivity index (χ0) is 31.3. The van der Waals surface area contributed by atoms with Crippen LogP contribution in [-0.4, -0.2) is 82.5 Å². The van der Waals surface area contributed by atoms with Crippen molar-refractivity contribution in [1.29, 1.82) is 0 Å². The summed E-state index contributed by atoms with van der Waals surface area (Å²) in [5.41, 5.74) is 0.310. The van der Waals surface area contributed by atoms with E-state index >= 15 is 0 Å². The van der Waals surface area contributed by atoms with Crippen molar-refractivity contribution in [2.75, 3.05) is 29.6 Å². The Bertz CT molecular complexity index is 1570. The number of β-lactam (4-membered cyclic amide) rings is 1. The van der Waals surface area contributed by atoms with Crippen molar-refractivity contribution in [2.24, 2.45) is 0 Å². The van der Waals surface area contributed by atoms with Gasteiger partial charge in [-0.25, -0.2) is 0 Å². The summed E-state index contributed by atoms with van der Waals surface area (Å²) in [7, 11) is -4.17. The Morgan fingerprint density at radius 3 is 2.53 bits per heavy atom. The molecule has 1 fully saturated rings. The van der Waals surface area contributed by atoms with Gasteiger partial charge in [0, 0.05) is 45.0 Å². The van der Waals surface area contributed by atoms with Crippen LogP contribution in [0.5, 0.6) is 0 Å². The number of hydrogen-bond donors (Lipinski definition) is 3. The monoisotopic (exact) mass is 706 g/mol. The molecule has 1 saturated heterocycles. The van der Waals surface area contributed by atoms with Gasteiger partial charge in [0.25, 0.3) is 21.9 Å². The molecule has 3 amide bonds. The van der Waals surface area contributed by atoms with Crippen LogP contribution in [0.1, 0.15) is 0 Å². The largest absolute Gasteiger partial charge is 0.543 e. The van der Waals surface area contributed by atoms with Gasteiger partial charge in [-0.3, -0.25) is 23.8 Å². The molecule has 0 aliphatic carbocycles. The van der Waals surface area contributed by atoms with Gasteiger partial charge in [-0.1, -0.05) is 23.2 Å². The molecule has 2 aromatic rings. The average molecular weight is 708 g/mol. The van der Waals surface area contributed by atoms with Gasteiger partial charge in [0.15, 0.2) is 12.4 Å². The fourth-order valence-corrected chi connectivity index (χ4v) is 8.12. The number of rotatable bonds is 13. The Morgan fingerprint density at radius 2 is 1.86 bits per heavy atom. The highest BCUT2D eigenvalue weighted by molar-refractivity contribution is 8.01. The Labute approximate surface area is 269 Å². The lowest BCUT2D eigenvalue weighted by molar-refractivity contribution is -0.684. The highest BCUT2D eigenvalue weighted by Gasteiger charge is 2.52. The van der Waals surface area contributed by atoms with Crippen molar-refractivity contribution in [3.8, 4) is 0 Å². The summed E-state index contributed by atoms with van der Waals surface area (Å²) in [5, 5.41) is 17.5. The molecule has 4 rings (SSSR count). The predicted molar refractivity (Wildman–Crippen MR) is 161 cm³/mol. The number of hydrogen-bond acceptors (Lipinski definition) is 10. The van der Waals surface area contributed by atoms with Crippen LogP contribution in [0.3, 0.4) is 0 Å². The number of carboxylic acids is 1. The van der Waals surface area contributed by atoms with Gasteiger partial charge in [0.1, 0.15) is 11.4 Å². The number of carbonyl (C=O) groups excluding carboxylic acids is 4. The van der Waals surface area contributed by atoms with Crippen molar-refractivity contribution in [2.45, 2.75) is 27.8 Å². The van der Waals surface area contributed by atoms with E-state index in [4.69, 9.17) is 27.8 Å². The standard InChI is InChI=1S/C25H24Cl2N4O8S4/c26-15-1-2-17(27)18(9-15)41-13-20(33)29-21-23(34)31-22(25(35)36)14(12-42-24(21)31)11-40-16-3-6-30(7-4-16)10-19(32)28-5-8-43(37,38)39/h1-4,6-7,9,21,24H,5,8,10-13H2,(H3-,28,29,32,33,35,36,37,38,39)/t21-,24-/m1/s1. The molecule has 0 radical (unpaired) electrons. The maximum absolute atomic E-state index is 12.9. The normalized spacial score (nSPS) is 18.1. The Morgan fingerprint density at radius 1 is 1.14 bits per heavy atom. The maximum atomic E-state index is 12.9. The minimum Gasteiger partial charge on any atom is -0.543 e. The number of nitrogens with one attached hydrogen (secondary N) is 2. The molecule has 12 nitrogen and oxygen atoms in total. The zero-order valence-corrected chi connectivity index (χ0v) is 26.8. The molecule has 3 N–H and O–H groups in total. The molecular weight excluding hydrogens is 683 g/mol. The summed E-state index contributed by atoms with van der Waals surface area (Å²) in [5.74, 6) is -2.87. The first-order valence-electron chi connectivity index (χ1n) is 12.4. The summed E-state index contributed by atoms with van der Waals surface area (Å²) < 4.78 is 31.8. The molecular formula is C25H24Cl2N4O8S4. The van der Waals surface area contributed by atoms with E-state index in [1.165, 1.54) is 35.3 Å².